The number of hydrogen-bond acceptors (Lipinski definition) is 2. The van der Waals surface area contributed by atoms with E-state index in [0.717, 1.165) is 19.3 Å². The third kappa shape index (κ3) is 0.838. The molecule has 0 aromatic carbocycles. The van der Waals surface area contributed by atoms with E-state index in [1.165, 1.54) is 12.7 Å². The van der Waals surface area contributed by atoms with Crippen molar-refractivity contribution in [1.29, 1.82) is 0 Å². The molecule has 0 radical (unpaired) electrons. The van der Waals surface area contributed by atoms with Crippen LogP contribution < -0.4 is 0 Å². The summed E-state index contributed by atoms with van der Waals surface area (Å²) in [6, 6.07) is 0. The Kier molecular flexibility index (Phi) is 1.53. The molecule has 2 bridgehead atoms. The van der Waals surface area contributed by atoms with Crippen LogP contribution in [0.4, 0.5) is 0 Å². The van der Waals surface area contributed by atoms with E-state index in [2.05, 4.69) is 6.08 Å². The third-order valence-electron chi connectivity index (χ3n) is 3.35. The molecule has 1 fully saturated rings. The third-order valence-corrected chi connectivity index (χ3v) is 3.35. The lowest BCUT2D eigenvalue weighted by molar-refractivity contribution is -0.153. The highest BCUT2D eigenvalue weighted by Crippen LogP contribution is 2.52. The first-order valence-corrected chi connectivity index (χ1v) is 4.43. The van der Waals surface area contributed by atoms with Gasteiger partial charge in [-0.2, -0.15) is 0 Å². The number of hydrogen-bond donors (Lipinski definition) is 0. The summed E-state index contributed by atoms with van der Waals surface area (Å²) in [7, 11) is 1.48. The molecule has 12 heavy (non-hydrogen) atoms. The van der Waals surface area contributed by atoms with E-state index in [1.807, 2.05) is 6.92 Å². The van der Waals surface area contributed by atoms with Gasteiger partial charge in [0.05, 0.1) is 12.5 Å². The average molecular weight is 166 g/mol. The number of rotatable bonds is 1. The summed E-state index contributed by atoms with van der Waals surface area (Å²) in [5, 5.41) is 0. The molecule has 2 rings (SSSR count). The summed E-state index contributed by atoms with van der Waals surface area (Å²) >= 11 is 0. The van der Waals surface area contributed by atoms with Crippen LogP contribution in [0.3, 0.4) is 0 Å². The summed E-state index contributed by atoms with van der Waals surface area (Å²) in [6.07, 6.45) is 5.38. The molecule has 0 aromatic rings. The second kappa shape index (κ2) is 2.35. The smallest absolute Gasteiger partial charge is 0.312 e. The molecule has 0 amide bonds. The molecule has 0 aromatic heterocycles. The number of ether oxygens (including phenoxy) is 1. The highest BCUT2D eigenvalue weighted by Gasteiger charge is 2.49. The minimum Gasteiger partial charge on any atom is -0.469 e. The Labute approximate surface area is 72.6 Å². The Bertz CT molecular complexity index is 255. The largest absolute Gasteiger partial charge is 0.469 e. The summed E-state index contributed by atoms with van der Waals surface area (Å²) in [5.74, 6) is 0.482. The molecule has 2 atom stereocenters. The van der Waals surface area contributed by atoms with Gasteiger partial charge in [0.25, 0.3) is 0 Å². The van der Waals surface area contributed by atoms with Gasteiger partial charge in [-0.15, -0.1) is 0 Å². The maximum absolute atomic E-state index is 11.5. The van der Waals surface area contributed by atoms with E-state index in [-0.39, 0.29) is 11.4 Å². The molecule has 0 heterocycles. The second-order valence-electron chi connectivity index (χ2n) is 4.08. The highest BCUT2D eigenvalue weighted by molar-refractivity contribution is 5.78. The van der Waals surface area contributed by atoms with Gasteiger partial charge in [0, 0.05) is 0 Å². The van der Waals surface area contributed by atoms with E-state index in [0.29, 0.717) is 5.92 Å². The number of allylic oxidation sites excluding steroid dienone is 2. The molecule has 1 saturated carbocycles. The van der Waals surface area contributed by atoms with Crippen molar-refractivity contribution in [3.63, 3.8) is 0 Å². The SMILES string of the molecule is COC(=O)C1(C)CC2=CCC1C2. The molecular formula is C10H14O2. The fourth-order valence-electron chi connectivity index (χ4n) is 2.51. The molecule has 0 saturated heterocycles. The maximum atomic E-state index is 11.5. The van der Waals surface area contributed by atoms with Gasteiger partial charge in [-0.25, -0.2) is 0 Å². The van der Waals surface area contributed by atoms with Gasteiger partial charge in [0.15, 0.2) is 0 Å². The topological polar surface area (TPSA) is 26.3 Å². The standard InChI is InChI=1S/C10H14O2/c1-10(9(11)12-2)6-7-3-4-8(10)5-7/h3,8H,4-6H2,1-2H3. The first-order valence-electron chi connectivity index (χ1n) is 4.43. The van der Waals surface area contributed by atoms with Crippen LogP contribution >= 0.6 is 0 Å². The first-order chi connectivity index (χ1) is 5.66. The minimum absolute atomic E-state index is 0.0319. The van der Waals surface area contributed by atoms with E-state index < -0.39 is 0 Å². The quantitative estimate of drug-likeness (QED) is 0.439. The summed E-state index contributed by atoms with van der Waals surface area (Å²) in [6.45, 7) is 2.03. The Morgan fingerprint density at radius 1 is 1.75 bits per heavy atom. The van der Waals surface area contributed by atoms with Crippen LogP contribution in [0.1, 0.15) is 26.2 Å². The molecule has 2 unspecified atom stereocenters. The molecule has 0 aliphatic heterocycles. The van der Waals surface area contributed by atoms with Crippen molar-refractivity contribution < 1.29 is 9.53 Å². The molecule has 66 valence electrons. The lowest BCUT2D eigenvalue weighted by Crippen LogP contribution is -2.33. The molecule has 0 spiro atoms. The fourth-order valence-corrected chi connectivity index (χ4v) is 2.51. The zero-order chi connectivity index (χ0) is 8.77. The van der Waals surface area contributed by atoms with Crippen LogP contribution in [-0.2, 0) is 9.53 Å². The molecule has 2 aliphatic carbocycles. The Balaban J connectivity index is 2.24. The van der Waals surface area contributed by atoms with Gasteiger partial charge in [-0.1, -0.05) is 11.6 Å². The molecule has 0 N–H and O–H groups in total. The van der Waals surface area contributed by atoms with Gasteiger partial charge in [0.2, 0.25) is 0 Å². The molecular weight excluding hydrogens is 152 g/mol. The Morgan fingerprint density at radius 2 is 2.50 bits per heavy atom. The predicted molar refractivity (Wildman–Crippen MR) is 45.5 cm³/mol. The minimum atomic E-state index is -0.209. The lowest BCUT2D eigenvalue weighted by atomic mass is 9.77. The van der Waals surface area contributed by atoms with Gasteiger partial charge in [0.1, 0.15) is 0 Å². The second-order valence-corrected chi connectivity index (χ2v) is 4.08. The normalized spacial score (nSPS) is 38.2. The van der Waals surface area contributed by atoms with Gasteiger partial charge in [-0.3, -0.25) is 4.79 Å². The van der Waals surface area contributed by atoms with Crippen molar-refractivity contribution in [2.75, 3.05) is 7.11 Å². The Hall–Kier alpha value is -0.790. The number of fused-ring (bicyclic) bond motifs is 2. The monoisotopic (exact) mass is 166 g/mol. The average Bonchev–Trinajstić information content (AvgIpc) is 2.62. The van der Waals surface area contributed by atoms with Crippen LogP contribution in [-0.4, -0.2) is 13.1 Å². The first kappa shape index (κ1) is 7.84. The molecule has 2 heteroatoms. The highest BCUT2D eigenvalue weighted by atomic mass is 16.5. The van der Waals surface area contributed by atoms with Crippen molar-refractivity contribution in [1.82, 2.24) is 0 Å². The predicted octanol–water partition coefficient (Wildman–Crippen LogP) is 1.91. The molecule has 2 aliphatic rings. The Morgan fingerprint density at radius 3 is 2.92 bits per heavy atom. The van der Waals surface area contributed by atoms with Crippen LogP contribution in [0, 0.1) is 11.3 Å². The van der Waals surface area contributed by atoms with E-state index >= 15 is 0 Å². The van der Waals surface area contributed by atoms with E-state index in [1.54, 1.807) is 0 Å². The number of esters is 1. The summed E-state index contributed by atoms with van der Waals surface area (Å²) < 4.78 is 4.82. The summed E-state index contributed by atoms with van der Waals surface area (Å²) in [4.78, 5) is 11.5. The van der Waals surface area contributed by atoms with Crippen molar-refractivity contribution in [2.45, 2.75) is 26.2 Å². The number of carbonyl (C=O) groups is 1. The van der Waals surface area contributed by atoms with Gasteiger partial charge in [-0.05, 0) is 32.1 Å². The van der Waals surface area contributed by atoms with Crippen LogP contribution in [0.2, 0.25) is 0 Å². The van der Waals surface area contributed by atoms with Gasteiger partial charge < -0.3 is 4.74 Å². The maximum Gasteiger partial charge on any atom is 0.312 e. The number of carbonyl (C=O) groups excluding carboxylic acids is 1. The van der Waals surface area contributed by atoms with Crippen molar-refractivity contribution in [3.8, 4) is 0 Å². The fraction of sp³-hybridized carbons (Fsp3) is 0.700. The lowest BCUT2D eigenvalue weighted by Gasteiger charge is -2.28. The van der Waals surface area contributed by atoms with Crippen molar-refractivity contribution >= 4 is 5.97 Å². The zero-order valence-electron chi connectivity index (χ0n) is 7.59. The van der Waals surface area contributed by atoms with Crippen LogP contribution in [0.15, 0.2) is 11.6 Å². The van der Waals surface area contributed by atoms with E-state index in [4.69, 9.17) is 4.74 Å². The summed E-state index contributed by atoms with van der Waals surface area (Å²) in [5.41, 5.74) is 1.24. The van der Waals surface area contributed by atoms with Gasteiger partial charge >= 0.3 is 5.97 Å². The van der Waals surface area contributed by atoms with Crippen molar-refractivity contribution in [2.24, 2.45) is 11.3 Å². The molecule has 2 nitrogen and oxygen atoms in total. The van der Waals surface area contributed by atoms with Crippen molar-refractivity contribution in [3.05, 3.63) is 11.6 Å². The van der Waals surface area contributed by atoms with E-state index in [9.17, 15) is 4.79 Å². The zero-order valence-corrected chi connectivity index (χ0v) is 7.59. The number of methoxy groups -OCH3 is 1. The van der Waals surface area contributed by atoms with Crippen LogP contribution in [0.5, 0.6) is 0 Å². The van der Waals surface area contributed by atoms with Crippen LogP contribution in [0.25, 0.3) is 0 Å².